The fraction of sp³-hybridized carbons (Fsp3) is 0.438. The molecule has 0 amide bonds. The molecule has 1 N–H and O–H groups in total. The monoisotopic (exact) mass is 286 g/mol. The van der Waals surface area contributed by atoms with Crippen LogP contribution in [0.3, 0.4) is 0 Å². The summed E-state index contributed by atoms with van der Waals surface area (Å²) >= 11 is 0. The number of hydrogen-bond donors (Lipinski definition) is 1. The van der Waals surface area contributed by atoms with Crippen LogP contribution in [0.15, 0.2) is 29.1 Å². The number of fused-ring (bicyclic) bond motifs is 1. The first-order valence-electron chi connectivity index (χ1n) is 7.26. The van der Waals surface area contributed by atoms with Crippen LogP contribution in [-0.4, -0.2) is 20.6 Å². The van der Waals surface area contributed by atoms with Gasteiger partial charge < -0.3 is 5.11 Å². The molecule has 5 nitrogen and oxygen atoms in total. The van der Waals surface area contributed by atoms with Crippen LogP contribution in [0.4, 0.5) is 0 Å². The number of para-hydroxylation sites is 1. The van der Waals surface area contributed by atoms with E-state index in [2.05, 4.69) is 11.9 Å². The van der Waals surface area contributed by atoms with E-state index in [0.29, 0.717) is 35.1 Å². The SMILES string of the molecule is CC1CC1Cn1c(CCC(=O)O)nc2ccccc2c1=O. The van der Waals surface area contributed by atoms with Crippen molar-refractivity contribution < 1.29 is 9.90 Å². The highest BCUT2D eigenvalue weighted by Gasteiger charge is 2.33. The lowest BCUT2D eigenvalue weighted by Crippen LogP contribution is -2.27. The zero-order valence-electron chi connectivity index (χ0n) is 12.0. The number of nitrogens with zero attached hydrogens (tertiary/aromatic N) is 2. The maximum atomic E-state index is 12.6. The third kappa shape index (κ3) is 2.82. The summed E-state index contributed by atoms with van der Waals surface area (Å²) in [6, 6.07) is 7.24. The predicted molar refractivity (Wildman–Crippen MR) is 79.2 cm³/mol. The number of benzene rings is 1. The van der Waals surface area contributed by atoms with E-state index in [4.69, 9.17) is 5.11 Å². The van der Waals surface area contributed by atoms with Crippen LogP contribution in [-0.2, 0) is 17.8 Å². The molecule has 1 aromatic heterocycles. The Balaban J connectivity index is 2.05. The van der Waals surface area contributed by atoms with Crippen molar-refractivity contribution in [1.29, 1.82) is 0 Å². The summed E-state index contributed by atoms with van der Waals surface area (Å²) in [7, 11) is 0. The number of rotatable bonds is 5. The Hall–Kier alpha value is -2.17. The van der Waals surface area contributed by atoms with Gasteiger partial charge in [-0.25, -0.2) is 4.98 Å². The number of carboxylic acid groups (broad SMARTS) is 1. The maximum Gasteiger partial charge on any atom is 0.303 e. The van der Waals surface area contributed by atoms with Gasteiger partial charge in [0.2, 0.25) is 0 Å². The van der Waals surface area contributed by atoms with Crippen molar-refractivity contribution in [1.82, 2.24) is 9.55 Å². The lowest BCUT2D eigenvalue weighted by Gasteiger charge is -2.12. The van der Waals surface area contributed by atoms with E-state index in [1.807, 2.05) is 12.1 Å². The van der Waals surface area contributed by atoms with Gasteiger partial charge >= 0.3 is 5.97 Å². The van der Waals surface area contributed by atoms with Crippen LogP contribution in [0, 0.1) is 11.8 Å². The largest absolute Gasteiger partial charge is 0.481 e. The van der Waals surface area contributed by atoms with Gasteiger partial charge in [0.05, 0.1) is 17.3 Å². The summed E-state index contributed by atoms with van der Waals surface area (Å²) < 4.78 is 1.68. The van der Waals surface area contributed by atoms with Gasteiger partial charge in [-0.3, -0.25) is 14.2 Å². The summed E-state index contributed by atoms with van der Waals surface area (Å²) in [6.45, 7) is 2.81. The van der Waals surface area contributed by atoms with Crippen molar-refractivity contribution in [3.63, 3.8) is 0 Å². The van der Waals surface area contributed by atoms with Crippen LogP contribution in [0.1, 0.15) is 25.6 Å². The smallest absolute Gasteiger partial charge is 0.303 e. The van der Waals surface area contributed by atoms with Crippen LogP contribution < -0.4 is 5.56 Å². The average molecular weight is 286 g/mol. The van der Waals surface area contributed by atoms with Crippen molar-refractivity contribution in [2.75, 3.05) is 0 Å². The number of carboxylic acids is 1. The fourth-order valence-electron chi connectivity index (χ4n) is 2.70. The Morgan fingerprint density at radius 3 is 2.81 bits per heavy atom. The fourth-order valence-corrected chi connectivity index (χ4v) is 2.70. The predicted octanol–water partition coefficient (Wildman–Crippen LogP) is 2.07. The third-order valence-corrected chi connectivity index (χ3v) is 4.20. The molecule has 1 fully saturated rings. The Morgan fingerprint density at radius 2 is 2.14 bits per heavy atom. The van der Waals surface area contributed by atoms with Gasteiger partial charge in [-0.1, -0.05) is 19.1 Å². The van der Waals surface area contributed by atoms with Crippen molar-refractivity contribution in [3.05, 3.63) is 40.4 Å². The molecule has 110 valence electrons. The lowest BCUT2D eigenvalue weighted by molar-refractivity contribution is -0.137. The second kappa shape index (κ2) is 5.31. The molecule has 0 radical (unpaired) electrons. The average Bonchev–Trinajstić information content (AvgIpc) is 3.15. The molecule has 1 aliphatic rings. The van der Waals surface area contributed by atoms with E-state index in [9.17, 15) is 9.59 Å². The van der Waals surface area contributed by atoms with Gasteiger partial charge in [-0.2, -0.15) is 0 Å². The van der Waals surface area contributed by atoms with Crippen molar-refractivity contribution in [3.8, 4) is 0 Å². The first-order chi connectivity index (χ1) is 10.1. The first-order valence-corrected chi connectivity index (χ1v) is 7.26. The molecular weight excluding hydrogens is 268 g/mol. The zero-order chi connectivity index (χ0) is 15.0. The third-order valence-electron chi connectivity index (χ3n) is 4.20. The highest BCUT2D eigenvalue weighted by Crippen LogP contribution is 2.38. The zero-order valence-corrected chi connectivity index (χ0v) is 12.0. The summed E-state index contributed by atoms with van der Waals surface area (Å²) in [6.07, 6.45) is 1.40. The minimum absolute atomic E-state index is 0.00893. The second-order valence-electron chi connectivity index (χ2n) is 5.83. The molecule has 1 aromatic carbocycles. The van der Waals surface area contributed by atoms with Crippen molar-refractivity contribution in [2.24, 2.45) is 11.8 Å². The van der Waals surface area contributed by atoms with Gasteiger partial charge in [-0.15, -0.1) is 0 Å². The van der Waals surface area contributed by atoms with E-state index in [1.165, 1.54) is 0 Å². The molecule has 0 aliphatic heterocycles. The normalized spacial score (nSPS) is 20.6. The Morgan fingerprint density at radius 1 is 1.43 bits per heavy atom. The highest BCUT2D eigenvalue weighted by molar-refractivity contribution is 5.77. The van der Waals surface area contributed by atoms with Crippen LogP contribution in [0.25, 0.3) is 10.9 Å². The van der Waals surface area contributed by atoms with E-state index in [-0.39, 0.29) is 18.4 Å². The molecule has 5 heteroatoms. The molecule has 1 saturated carbocycles. The Bertz CT molecular complexity index is 751. The van der Waals surface area contributed by atoms with Gasteiger partial charge in [0.1, 0.15) is 5.82 Å². The van der Waals surface area contributed by atoms with E-state index in [0.717, 1.165) is 6.42 Å². The molecule has 0 saturated heterocycles. The molecule has 21 heavy (non-hydrogen) atoms. The Labute approximate surface area is 122 Å². The van der Waals surface area contributed by atoms with E-state index in [1.54, 1.807) is 16.7 Å². The molecule has 2 unspecified atom stereocenters. The van der Waals surface area contributed by atoms with Gasteiger partial charge in [0.15, 0.2) is 0 Å². The van der Waals surface area contributed by atoms with Crippen molar-refractivity contribution >= 4 is 16.9 Å². The topological polar surface area (TPSA) is 72.2 Å². The number of aliphatic carboxylic acids is 1. The summed E-state index contributed by atoms with van der Waals surface area (Å²) in [4.78, 5) is 28.0. The molecule has 0 spiro atoms. The molecule has 1 aliphatic carbocycles. The molecule has 3 rings (SSSR count). The second-order valence-corrected chi connectivity index (χ2v) is 5.83. The summed E-state index contributed by atoms with van der Waals surface area (Å²) in [5, 5.41) is 9.47. The number of carbonyl (C=O) groups is 1. The van der Waals surface area contributed by atoms with Gasteiger partial charge in [0, 0.05) is 13.0 Å². The first kappa shape index (κ1) is 13.8. The Kier molecular flexibility index (Phi) is 3.49. The van der Waals surface area contributed by atoms with Crippen LogP contribution in [0.5, 0.6) is 0 Å². The minimum atomic E-state index is -0.872. The summed E-state index contributed by atoms with van der Waals surface area (Å²) in [5.41, 5.74) is 0.586. The standard InChI is InChI=1S/C16H18N2O3/c1-10-8-11(10)9-18-14(6-7-15(19)20)17-13-5-3-2-4-12(13)16(18)21/h2-5,10-11H,6-9H2,1H3,(H,19,20). The molecule has 2 atom stereocenters. The molecular formula is C16H18N2O3. The van der Waals surface area contributed by atoms with E-state index < -0.39 is 5.97 Å². The number of aryl methyl sites for hydroxylation is 1. The molecule has 1 heterocycles. The minimum Gasteiger partial charge on any atom is -0.481 e. The van der Waals surface area contributed by atoms with E-state index >= 15 is 0 Å². The van der Waals surface area contributed by atoms with Crippen molar-refractivity contribution in [2.45, 2.75) is 32.7 Å². The van der Waals surface area contributed by atoms with Crippen LogP contribution >= 0.6 is 0 Å². The maximum absolute atomic E-state index is 12.6. The van der Waals surface area contributed by atoms with Gasteiger partial charge in [-0.05, 0) is 30.4 Å². The van der Waals surface area contributed by atoms with Gasteiger partial charge in [0.25, 0.3) is 5.56 Å². The quantitative estimate of drug-likeness (QED) is 0.913. The number of aromatic nitrogens is 2. The highest BCUT2D eigenvalue weighted by atomic mass is 16.4. The van der Waals surface area contributed by atoms with Crippen LogP contribution in [0.2, 0.25) is 0 Å². The molecule has 2 aromatic rings. The lowest BCUT2D eigenvalue weighted by atomic mass is 10.2. The molecule has 0 bridgehead atoms. The summed E-state index contributed by atoms with van der Waals surface area (Å²) in [5.74, 6) is 0.855. The number of hydrogen-bond acceptors (Lipinski definition) is 3.